The lowest BCUT2D eigenvalue weighted by molar-refractivity contribution is -0.117. The van der Waals surface area contributed by atoms with Crippen LogP contribution in [0.4, 0.5) is 5.69 Å². The normalized spacial score (nSPS) is 12.1. The number of ether oxygens (including phenoxy) is 1. The highest BCUT2D eigenvalue weighted by atomic mass is 79.9. The molecule has 154 valence electrons. The fourth-order valence-electron chi connectivity index (χ4n) is 3.36. The highest BCUT2D eigenvalue weighted by molar-refractivity contribution is 9.10. The van der Waals surface area contributed by atoms with Gasteiger partial charge in [-0.15, -0.1) is 11.3 Å². The fraction of sp³-hybridized carbons (Fsp3) is 0.217. The average molecular weight is 485 g/mol. The number of thiophene rings is 1. The topological polar surface area (TPSA) is 55.6 Å². The molecule has 1 atom stereocenters. The molecule has 0 fully saturated rings. The molecule has 0 bridgehead atoms. The molecule has 7 heteroatoms. The molecule has 0 saturated carbocycles. The number of hydrogen-bond acceptors (Lipinski definition) is 5. The standard InChI is InChI=1S/C23H21BrN2O3S/c1-15(24)23(27)26(10-9-18-11-16-5-3-4-6-22(16)30-18)17-7-8-19(20(12-17)28-2)21-13-25-14-29-21/h3-8,11-15H,9-10H2,1-2H3. The summed E-state index contributed by atoms with van der Waals surface area (Å²) in [5, 5.41) is 1.24. The zero-order chi connectivity index (χ0) is 21.1. The van der Waals surface area contributed by atoms with Crippen molar-refractivity contribution in [2.24, 2.45) is 0 Å². The van der Waals surface area contributed by atoms with E-state index in [4.69, 9.17) is 9.15 Å². The van der Waals surface area contributed by atoms with Crippen molar-refractivity contribution in [2.45, 2.75) is 18.2 Å². The average Bonchev–Trinajstić information content (AvgIpc) is 3.43. The first kappa shape index (κ1) is 20.6. The second-order valence-corrected chi connectivity index (χ2v) is 9.40. The number of amides is 1. The first-order valence-electron chi connectivity index (χ1n) is 9.56. The zero-order valence-corrected chi connectivity index (χ0v) is 19.1. The van der Waals surface area contributed by atoms with E-state index in [0.717, 1.165) is 17.7 Å². The van der Waals surface area contributed by atoms with Gasteiger partial charge in [0.25, 0.3) is 0 Å². The summed E-state index contributed by atoms with van der Waals surface area (Å²) in [6.07, 6.45) is 3.80. The lowest BCUT2D eigenvalue weighted by Crippen LogP contribution is -2.37. The summed E-state index contributed by atoms with van der Waals surface area (Å²) in [6.45, 7) is 2.42. The van der Waals surface area contributed by atoms with Gasteiger partial charge in [0, 0.05) is 27.9 Å². The van der Waals surface area contributed by atoms with Crippen LogP contribution >= 0.6 is 27.3 Å². The van der Waals surface area contributed by atoms with Crippen molar-refractivity contribution in [3.8, 4) is 17.1 Å². The Morgan fingerprint density at radius 3 is 2.80 bits per heavy atom. The van der Waals surface area contributed by atoms with Crippen molar-refractivity contribution in [3.63, 3.8) is 0 Å². The van der Waals surface area contributed by atoms with Crippen LogP contribution in [0.2, 0.25) is 0 Å². The number of carbonyl (C=O) groups is 1. The molecule has 0 aliphatic rings. The number of halogens is 1. The maximum atomic E-state index is 13.0. The number of benzene rings is 2. The van der Waals surface area contributed by atoms with Crippen LogP contribution < -0.4 is 9.64 Å². The van der Waals surface area contributed by atoms with Gasteiger partial charge in [-0.2, -0.15) is 0 Å². The van der Waals surface area contributed by atoms with Gasteiger partial charge in [-0.3, -0.25) is 4.79 Å². The second kappa shape index (κ2) is 9.02. The molecule has 30 heavy (non-hydrogen) atoms. The molecule has 0 N–H and O–H groups in total. The van der Waals surface area contributed by atoms with E-state index in [-0.39, 0.29) is 10.7 Å². The summed E-state index contributed by atoms with van der Waals surface area (Å²) in [6, 6.07) is 16.2. The van der Waals surface area contributed by atoms with Gasteiger partial charge in [0.2, 0.25) is 5.91 Å². The summed E-state index contributed by atoms with van der Waals surface area (Å²) >= 11 is 5.20. The zero-order valence-electron chi connectivity index (χ0n) is 16.7. The van der Waals surface area contributed by atoms with E-state index in [0.29, 0.717) is 18.1 Å². The molecule has 2 heterocycles. The Kier molecular flexibility index (Phi) is 6.20. The SMILES string of the molecule is COc1cc(N(CCc2cc3ccccc3s2)C(=O)C(C)Br)ccc1-c1cnco1. The van der Waals surface area contributed by atoms with Crippen molar-refractivity contribution < 1.29 is 13.9 Å². The third-order valence-corrected chi connectivity index (χ3v) is 6.43. The Hall–Kier alpha value is -2.64. The predicted octanol–water partition coefficient (Wildman–Crippen LogP) is 5.92. The van der Waals surface area contributed by atoms with Crippen LogP contribution in [0.1, 0.15) is 11.8 Å². The van der Waals surface area contributed by atoms with Crippen LogP contribution in [-0.2, 0) is 11.2 Å². The number of aromatic nitrogens is 1. The van der Waals surface area contributed by atoms with Gasteiger partial charge >= 0.3 is 0 Å². The summed E-state index contributed by atoms with van der Waals surface area (Å²) in [5.41, 5.74) is 1.58. The van der Waals surface area contributed by atoms with Crippen molar-refractivity contribution in [3.05, 3.63) is 66.0 Å². The van der Waals surface area contributed by atoms with Gasteiger partial charge in [0.05, 0.1) is 23.7 Å². The predicted molar refractivity (Wildman–Crippen MR) is 125 cm³/mol. The van der Waals surface area contributed by atoms with E-state index in [9.17, 15) is 4.79 Å². The third-order valence-electron chi connectivity index (χ3n) is 4.86. The number of fused-ring (bicyclic) bond motifs is 1. The van der Waals surface area contributed by atoms with Crippen molar-refractivity contribution in [2.75, 3.05) is 18.6 Å². The number of anilines is 1. The largest absolute Gasteiger partial charge is 0.496 e. The van der Waals surface area contributed by atoms with E-state index in [1.807, 2.05) is 37.3 Å². The molecular formula is C23H21BrN2O3S. The van der Waals surface area contributed by atoms with Crippen molar-refractivity contribution in [1.29, 1.82) is 0 Å². The molecule has 0 aliphatic heterocycles. The number of oxazole rings is 1. The quantitative estimate of drug-likeness (QED) is 0.305. The molecule has 5 nitrogen and oxygen atoms in total. The van der Waals surface area contributed by atoms with Crippen LogP contribution in [0, 0.1) is 0 Å². The lowest BCUT2D eigenvalue weighted by Gasteiger charge is -2.25. The molecule has 1 amide bonds. The minimum Gasteiger partial charge on any atom is -0.496 e. The number of alkyl halides is 1. The summed E-state index contributed by atoms with van der Waals surface area (Å²) < 4.78 is 12.2. The number of carbonyl (C=O) groups excluding carboxylic acids is 1. The van der Waals surface area contributed by atoms with E-state index in [1.54, 1.807) is 29.5 Å². The monoisotopic (exact) mass is 484 g/mol. The summed E-state index contributed by atoms with van der Waals surface area (Å²) in [5.74, 6) is 1.26. The molecular weight excluding hydrogens is 464 g/mol. The van der Waals surface area contributed by atoms with E-state index < -0.39 is 0 Å². The number of rotatable bonds is 7. The Morgan fingerprint density at radius 1 is 1.27 bits per heavy atom. The summed E-state index contributed by atoms with van der Waals surface area (Å²) in [4.78, 5) is 19.7. The van der Waals surface area contributed by atoms with Gasteiger partial charge in [-0.05, 0) is 43.0 Å². The van der Waals surface area contributed by atoms with Gasteiger partial charge < -0.3 is 14.1 Å². The molecule has 0 radical (unpaired) electrons. The minimum atomic E-state index is -0.292. The first-order valence-corrected chi connectivity index (χ1v) is 11.3. The number of hydrogen-bond donors (Lipinski definition) is 0. The molecule has 0 spiro atoms. The molecule has 1 unspecified atom stereocenters. The lowest BCUT2D eigenvalue weighted by atomic mass is 10.1. The molecule has 4 aromatic rings. The Balaban J connectivity index is 1.62. The second-order valence-electron chi connectivity index (χ2n) is 6.86. The first-order chi connectivity index (χ1) is 14.6. The van der Waals surface area contributed by atoms with E-state index in [1.165, 1.54) is 21.4 Å². The third kappa shape index (κ3) is 4.27. The Morgan fingerprint density at radius 2 is 2.10 bits per heavy atom. The molecule has 2 aromatic carbocycles. The van der Waals surface area contributed by atoms with Crippen molar-refractivity contribution in [1.82, 2.24) is 4.98 Å². The van der Waals surface area contributed by atoms with E-state index >= 15 is 0 Å². The molecule has 2 aromatic heterocycles. The van der Waals surface area contributed by atoms with Crippen LogP contribution in [0.3, 0.4) is 0 Å². The maximum Gasteiger partial charge on any atom is 0.240 e. The highest BCUT2D eigenvalue weighted by Gasteiger charge is 2.22. The highest BCUT2D eigenvalue weighted by Crippen LogP contribution is 2.34. The Bertz CT molecular complexity index is 1120. The van der Waals surface area contributed by atoms with Crippen LogP contribution in [-0.4, -0.2) is 29.4 Å². The van der Waals surface area contributed by atoms with Gasteiger partial charge in [0.1, 0.15) is 5.75 Å². The van der Waals surface area contributed by atoms with E-state index in [2.05, 4.69) is 39.1 Å². The molecule has 0 aliphatic carbocycles. The minimum absolute atomic E-state index is 0.00517. The number of nitrogens with zero attached hydrogens (tertiary/aromatic N) is 2. The smallest absolute Gasteiger partial charge is 0.240 e. The molecule has 4 rings (SSSR count). The Labute approximate surface area is 187 Å². The van der Waals surface area contributed by atoms with Crippen LogP contribution in [0.5, 0.6) is 5.75 Å². The van der Waals surface area contributed by atoms with Crippen molar-refractivity contribution >= 4 is 48.9 Å². The maximum absolute atomic E-state index is 13.0. The van der Waals surface area contributed by atoms with Gasteiger partial charge in [0.15, 0.2) is 12.2 Å². The van der Waals surface area contributed by atoms with Gasteiger partial charge in [-0.25, -0.2) is 4.98 Å². The van der Waals surface area contributed by atoms with Crippen LogP contribution in [0.25, 0.3) is 21.4 Å². The fourth-order valence-corrected chi connectivity index (χ4v) is 4.66. The summed E-state index contributed by atoms with van der Waals surface area (Å²) in [7, 11) is 1.61. The van der Waals surface area contributed by atoms with Crippen LogP contribution in [0.15, 0.2) is 65.5 Å². The molecule has 0 saturated heterocycles. The van der Waals surface area contributed by atoms with Gasteiger partial charge in [-0.1, -0.05) is 34.1 Å². The number of methoxy groups -OCH3 is 1.